The molecular formula is C23H23F4N3O4S. The van der Waals surface area contributed by atoms with Gasteiger partial charge in [-0.3, -0.25) is 9.59 Å². The van der Waals surface area contributed by atoms with E-state index in [1.165, 1.54) is 17.2 Å². The van der Waals surface area contributed by atoms with Crippen molar-refractivity contribution in [1.82, 2.24) is 15.2 Å². The summed E-state index contributed by atoms with van der Waals surface area (Å²) in [7, 11) is -3.64. The fraction of sp³-hybridized carbons (Fsp3) is 0.435. The lowest BCUT2D eigenvalue weighted by atomic mass is 9.99. The molecule has 1 aliphatic heterocycles. The van der Waals surface area contributed by atoms with Crippen molar-refractivity contribution in [3.63, 3.8) is 0 Å². The van der Waals surface area contributed by atoms with Gasteiger partial charge in [0.1, 0.15) is 11.9 Å². The maximum atomic E-state index is 14.6. The number of halogens is 4. The van der Waals surface area contributed by atoms with Gasteiger partial charge in [-0.15, -0.1) is 0 Å². The maximum Gasteiger partial charge on any atom is 0.416 e. The van der Waals surface area contributed by atoms with Crippen LogP contribution in [-0.4, -0.2) is 49.0 Å². The van der Waals surface area contributed by atoms with Crippen LogP contribution in [-0.2, 0) is 20.8 Å². The fourth-order valence-electron chi connectivity index (χ4n) is 4.28. The summed E-state index contributed by atoms with van der Waals surface area (Å²) >= 11 is 0. The normalized spacial score (nSPS) is 19.5. The number of likely N-dealkylation sites (tertiary alicyclic amines) is 1. The molecule has 1 aliphatic carbocycles. The predicted octanol–water partition coefficient (Wildman–Crippen LogP) is 3.52. The molecule has 0 bridgehead atoms. The number of nitrogens with zero attached hydrogens (tertiary/aromatic N) is 2. The van der Waals surface area contributed by atoms with Crippen molar-refractivity contribution in [3.05, 3.63) is 59.0 Å². The van der Waals surface area contributed by atoms with Crippen LogP contribution in [0.15, 0.2) is 41.6 Å². The van der Waals surface area contributed by atoms with E-state index in [0.29, 0.717) is 31.7 Å². The number of hydrogen-bond acceptors (Lipinski definition) is 5. The highest BCUT2D eigenvalue weighted by Gasteiger charge is 2.40. The molecule has 188 valence electrons. The first-order chi connectivity index (χ1) is 16.4. The van der Waals surface area contributed by atoms with Gasteiger partial charge in [0.05, 0.1) is 11.6 Å². The number of aromatic nitrogens is 1. The van der Waals surface area contributed by atoms with Crippen molar-refractivity contribution in [2.45, 2.75) is 49.0 Å². The first-order valence-corrected chi connectivity index (χ1v) is 12.9. The van der Waals surface area contributed by atoms with Crippen molar-refractivity contribution < 1.29 is 35.6 Å². The van der Waals surface area contributed by atoms with Crippen molar-refractivity contribution >= 4 is 21.7 Å². The number of carbonyl (C=O) groups is 2. The van der Waals surface area contributed by atoms with E-state index < -0.39 is 51.3 Å². The topological polar surface area (TPSA) is 96.4 Å². The Hall–Kier alpha value is -3.02. The van der Waals surface area contributed by atoms with Crippen molar-refractivity contribution in [3.8, 4) is 0 Å². The Balaban J connectivity index is 1.54. The van der Waals surface area contributed by atoms with Crippen LogP contribution in [0.2, 0.25) is 0 Å². The highest BCUT2D eigenvalue weighted by atomic mass is 32.2. The minimum Gasteiger partial charge on any atom is -0.347 e. The number of alkyl halides is 3. The largest absolute Gasteiger partial charge is 0.416 e. The SMILES string of the molecule is CS(=O)(=O)c1cc(C(=O)N2CCC[C@@H]2C(=O)N[C@H](c2ccc(C(F)(F)F)cc2F)C2CC2)ccn1. The second-order valence-electron chi connectivity index (χ2n) is 8.87. The van der Waals surface area contributed by atoms with Crippen LogP contribution in [0.5, 0.6) is 0 Å². The molecule has 0 spiro atoms. The smallest absolute Gasteiger partial charge is 0.347 e. The quantitative estimate of drug-likeness (QED) is 0.597. The second kappa shape index (κ2) is 9.21. The van der Waals surface area contributed by atoms with E-state index in [4.69, 9.17) is 0 Å². The first-order valence-electron chi connectivity index (χ1n) is 11.0. The van der Waals surface area contributed by atoms with Crippen molar-refractivity contribution in [2.75, 3.05) is 12.8 Å². The number of amides is 2. The van der Waals surface area contributed by atoms with E-state index in [2.05, 4.69) is 10.3 Å². The van der Waals surface area contributed by atoms with E-state index in [9.17, 15) is 35.6 Å². The number of nitrogens with one attached hydrogen (secondary N) is 1. The number of rotatable bonds is 6. The van der Waals surface area contributed by atoms with Crippen LogP contribution in [0.25, 0.3) is 0 Å². The monoisotopic (exact) mass is 513 g/mol. The Bertz CT molecular complexity index is 1260. The van der Waals surface area contributed by atoms with E-state index in [0.717, 1.165) is 24.5 Å². The molecule has 2 aromatic rings. The zero-order valence-corrected chi connectivity index (χ0v) is 19.5. The third-order valence-electron chi connectivity index (χ3n) is 6.23. The highest BCUT2D eigenvalue weighted by molar-refractivity contribution is 7.90. The zero-order chi connectivity index (χ0) is 25.5. The third-order valence-corrected chi connectivity index (χ3v) is 7.22. The Morgan fingerprint density at radius 2 is 1.86 bits per heavy atom. The molecule has 1 saturated heterocycles. The molecule has 2 amide bonds. The molecule has 0 radical (unpaired) electrons. The van der Waals surface area contributed by atoms with Crippen LogP contribution in [0.1, 0.15) is 53.2 Å². The van der Waals surface area contributed by atoms with E-state index in [-0.39, 0.29) is 28.6 Å². The Kier molecular flexibility index (Phi) is 6.60. The average molecular weight is 514 g/mol. The molecule has 0 unspecified atom stereocenters. The van der Waals surface area contributed by atoms with Crippen molar-refractivity contribution in [1.29, 1.82) is 0 Å². The van der Waals surface area contributed by atoms with Gasteiger partial charge in [0.25, 0.3) is 5.91 Å². The van der Waals surface area contributed by atoms with Crippen LogP contribution >= 0.6 is 0 Å². The summed E-state index contributed by atoms with van der Waals surface area (Å²) in [6.07, 6.45) is -0.287. The van der Waals surface area contributed by atoms with E-state index >= 15 is 0 Å². The van der Waals surface area contributed by atoms with Gasteiger partial charge in [-0.2, -0.15) is 13.2 Å². The minimum absolute atomic E-state index is 0.0309. The van der Waals surface area contributed by atoms with E-state index in [1.54, 1.807) is 0 Å². The molecule has 1 N–H and O–H groups in total. The molecule has 7 nitrogen and oxygen atoms in total. The van der Waals surface area contributed by atoms with Gasteiger partial charge in [0.2, 0.25) is 5.91 Å². The molecule has 4 rings (SSSR count). The fourth-order valence-corrected chi connectivity index (χ4v) is 4.87. The zero-order valence-electron chi connectivity index (χ0n) is 18.7. The molecule has 1 saturated carbocycles. The molecule has 2 atom stereocenters. The molecular weight excluding hydrogens is 490 g/mol. The summed E-state index contributed by atoms with van der Waals surface area (Å²) < 4.78 is 77.0. The van der Waals surface area contributed by atoms with Gasteiger partial charge < -0.3 is 10.2 Å². The number of carbonyl (C=O) groups excluding carboxylic acids is 2. The molecule has 35 heavy (non-hydrogen) atoms. The summed E-state index contributed by atoms with van der Waals surface area (Å²) in [5.41, 5.74) is -1.08. The number of sulfone groups is 1. The highest BCUT2D eigenvalue weighted by Crippen LogP contribution is 2.43. The molecule has 12 heteroatoms. The van der Waals surface area contributed by atoms with Crippen LogP contribution in [0.4, 0.5) is 17.6 Å². The van der Waals surface area contributed by atoms with Crippen LogP contribution in [0, 0.1) is 11.7 Å². The summed E-state index contributed by atoms with van der Waals surface area (Å²) in [4.78, 5) is 31.3. The molecule has 1 aromatic carbocycles. The minimum atomic E-state index is -4.69. The average Bonchev–Trinajstić information content (AvgIpc) is 3.51. The lowest BCUT2D eigenvalue weighted by Crippen LogP contribution is -2.47. The third kappa shape index (κ3) is 5.47. The summed E-state index contributed by atoms with van der Waals surface area (Å²) in [6.45, 7) is 0.260. The van der Waals surface area contributed by atoms with Crippen LogP contribution < -0.4 is 5.32 Å². The standard InChI is InChI=1S/C23H23F4N3O4S/c1-35(33,34)19-11-14(8-9-28-19)22(32)30-10-2-3-18(30)21(31)29-20(13-4-5-13)16-7-6-15(12-17(16)24)23(25,26)27/h6-9,11-13,18,20H,2-5,10H2,1H3,(H,29,31)/t18-,20+/m1/s1. The van der Waals surface area contributed by atoms with Crippen molar-refractivity contribution in [2.24, 2.45) is 5.92 Å². The Morgan fingerprint density at radius 3 is 2.46 bits per heavy atom. The number of pyridine rings is 1. The van der Waals surface area contributed by atoms with E-state index in [1.807, 2.05) is 0 Å². The lowest BCUT2D eigenvalue weighted by molar-refractivity contribution is -0.137. The summed E-state index contributed by atoms with van der Waals surface area (Å²) in [5.74, 6) is -2.25. The predicted molar refractivity (Wildman–Crippen MR) is 116 cm³/mol. The lowest BCUT2D eigenvalue weighted by Gasteiger charge is -2.27. The molecule has 1 aromatic heterocycles. The molecule has 2 heterocycles. The second-order valence-corrected chi connectivity index (χ2v) is 10.8. The van der Waals surface area contributed by atoms with Gasteiger partial charge in [-0.1, -0.05) is 6.07 Å². The molecule has 2 fully saturated rings. The van der Waals surface area contributed by atoms with Gasteiger partial charge in [0.15, 0.2) is 14.9 Å². The molecule has 2 aliphatic rings. The number of benzene rings is 1. The van der Waals surface area contributed by atoms with Gasteiger partial charge >= 0.3 is 6.18 Å². The summed E-state index contributed by atoms with van der Waals surface area (Å²) in [5, 5.41) is 2.48. The first kappa shape index (κ1) is 25.1. The summed E-state index contributed by atoms with van der Waals surface area (Å²) in [6, 6.07) is 3.06. The van der Waals surface area contributed by atoms with Gasteiger partial charge in [-0.25, -0.2) is 17.8 Å². The van der Waals surface area contributed by atoms with Gasteiger partial charge in [-0.05, 0) is 55.9 Å². The Morgan fingerprint density at radius 1 is 1.14 bits per heavy atom. The van der Waals surface area contributed by atoms with Crippen LogP contribution in [0.3, 0.4) is 0 Å². The number of hydrogen-bond donors (Lipinski definition) is 1. The Labute approximate surface area is 199 Å². The van der Waals surface area contributed by atoms with Gasteiger partial charge in [0, 0.05) is 30.1 Å². The maximum absolute atomic E-state index is 14.6.